The summed E-state index contributed by atoms with van der Waals surface area (Å²) in [5.41, 5.74) is 1.06. The Hall–Kier alpha value is -2.32. The van der Waals surface area contributed by atoms with Gasteiger partial charge in [0.1, 0.15) is 11.7 Å². The number of benzene rings is 1. The minimum atomic E-state index is -1.22. The number of rotatable bonds is 5. The lowest BCUT2D eigenvalue weighted by atomic mass is 9.94. The molecule has 3 aliphatic heterocycles. The van der Waals surface area contributed by atoms with Gasteiger partial charge in [0.15, 0.2) is 0 Å². The van der Waals surface area contributed by atoms with Gasteiger partial charge in [0.25, 0.3) is 5.91 Å². The Morgan fingerprint density at radius 3 is 2.75 bits per heavy atom. The van der Waals surface area contributed by atoms with Gasteiger partial charge in [0.2, 0.25) is 11.8 Å². The first-order chi connectivity index (χ1) is 13.5. The Labute approximate surface area is 163 Å². The lowest BCUT2D eigenvalue weighted by Crippen LogP contribution is -2.52. The van der Waals surface area contributed by atoms with Crippen molar-refractivity contribution in [2.24, 2.45) is 0 Å². The Bertz CT molecular complexity index is 807. The highest BCUT2D eigenvalue weighted by Gasteiger charge is 2.40. The first kappa shape index (κ1) is 19.0. The molecule has 1 aromatic carbocycles. The molecule has 1 unspecified atom stereocenters. The summed E-state index contributed by atoms with van der Waals surface area (Å²) in [5.74, 6) is -0.908. The van der Waals surface area contributed by atoms with Crippen LogP contribution < -0.4 is 16.0 Å². The number of hydrogen-bond donors (Lipinski definition) is 3. The van der Waals surface area contributed by atoms with Crippen molar-refractivity contribution in [3.63, 3.8) is 0 Å². The molecule has 2 saturated heterocycles. The van der Waals surface area contributed by atoms with E-state index < -0.39 is 17.6 Å². The van der Waals surface area contributed by atoms with Crippen LogP contribution in [0.2, 0.25) is 0 Å². The molecule has 0 aliphatic carbocycles. The molecule has 3 N–H and O–H groups in total. The highest BCUT2D eigenvalue weighted by molar-refractivity contribution is 6.05. The normalized spacial score (nSPS) is 24.2. The molecule has 3 amide bonds. The van der Waals surface area contributed by atoms with E-state index in [9.17, 15) is 18.8 Å². The second-order valence-electron chi connectivity index (χ2n) is 7.86. The lowest BCUT2D eigenvalue weighted by molar-refractivity contribution is -0.136. The molecule has 0 bridgehead atoms. The topological polar surface area (TPSA) is 90.5 Å². The van der Waals surface area contributed by atoms with Crippen LogP contribution in [0.4, 0.5) is 4.39 Å². The second kappa shape index (κ2) is 7.60. The zero-order valence-corrected chi connectivity index (χ0v) is 15.7. The van der Waals surface area contributed by atoms with Crippen molar-refractivity contribution < 1.29 is 18.8 Å². The average Bonchev–Trinajstić information content (AvgIpc) is 3.00. The van der Waals surface area contributed by atoms with Gasteiger partial charge in [-0.2, -0.15) is 0 Å². The van der Waals surface area contributed by atoms with E-state index in [1.54, 1.807) is 4.90 Å². The van der Waals surface area contributed by atoms with Crippen molar-refractivity contribution in [2.75, 3.05) is 19.6 Å². The van der Waals surface area contributed by atoms with Crippen LogP contribution in [0.1, 0.15) is 47.2 Å². The number of piperidine rings is 2. The molecular weight excluding hydrogens is 363 g/mol. The zero-order chi connectivity index (χ0) is 19.7. The van der Waals surface area contributed by atoms with E-state index in [-0.39, 0.29) is 24.8 Å². The minimum absolute atomic E-state index is 0.196. The van der Waals surface area contributed by atoms with Crippen LogP contribution in [0.3, 0.4) is 0 Å². The van der Waals surface area contributed by atoms with Crippen molar-refractivity contribution >= 4 is 17.7 Å². The molecule has 3 heterocycles. The van der Waals surface area contributed by atoms with Crippen molar-refractivity contribution in [3.05, 3.63) is 34.9 Å². The molecule has 2 fully saturated rings. The molecule has 4 rings (SSSR count). The van der Waals surface area contributed by atoms with Gasteiger partial charge in [-0.05, 0) is 43.5 Å². The average molecular weight is 388 g/mol. The number of hydrogen-bond acceptors (Lipinski definition) is 5. The SMILES string of the molecule is O=C1CCC(N2Cc3cccc(CNCC4(F)CCNCC4)c3C2=O)C(=O)N1. The van der Waals surface area contributed by atoms with Gasteiger partial charge in [-0.3, -0.25) is 19.7 Å². The summed E-state index contributed by atoms with van der Waals surface area (Å²) < 4.78 is 14.8. The van der Waals surface area contributed by atoms with Crippen LogP contribution in [-0.2, 0) is 22.7 Å². The number of amides is 3. The number of fused-ring (bicyclic) bond motifs is 1. The number of nitrogens with one attached hydrogen (secondary N) is 3. The smallest absolute Gasteiger partial charge is 0.255 e. The lowest BCUT2D eigenvalue weighted by Gasteiger charge is -2.30. The molecule has 0 spiro atoms. The Morgan fingerprint density at radius 2 is 2.00 bits per heavy atom. The van der Waals surface area contributed by atoms with Crippen LogP contribution in [-0.4, -0.2) is 54.0 Å². The van der Waals surface area contributed by atoms with Crippen LogP contribution in [0, 0.1) is 0 Å². The van der Waals surface area contributed by atoms with E-state index in [4.69, 9.17) is 0 Å². The highest BCUT2D eigenvalue weighted by atomic mass is 19.1. The zero-order valence-electron chi connectivity index (χ0n) is 15.7. The maximum atomic E-state index is 14.8. The fraction of sp³-hybridized carbons (Fsp3) is 0.550. The first-order valence-corrected chi connectivity index (χ1v) is 9.83. The number of alkyl halides is 1. The summed E-state index contributed by atoms with van der Waals surface area (Å²) in [5, 5.41) is 8.64. The predicted octanol–water partition coefficient (Wildman–Crippen LogP) is 0.629. The van der Waals surface area contributed by atoms with Crippen molar-refractivity contribution in [1.29, 1.82) is 0 Å². The Kier molecular flexibility index (Phi) is 5.16. The molecular formula is C20H25FN4O3. The largest absolute Gasteiger partial charge is 0.322 e. The number of carbonyl (C=O) groups excluding carboxylic acids is 3. The molecule has 7 nitrogen and oxygen atoms in total. The van der Waals surface area contributed by atoms with Crippen LogP contribution >= 0.6 is 0 Å². The Balaban J connectivity index is 1.44. The second-order valence-corrected chi connectivity index (χ2v) is 7.86. The van der Waals surface area contributed by atoms with Crippen molar-refractivity contribution in [1.82, 2.24) is 20.9 Å². The molecule has 0 saturated carbocycles. The van der Waals surface area contributed by atoms with Crippen LogP contribution in [0.25, 0.3) is 0 Å². The molecule has 28 heavy (non-hydrogen) atoms. The molecule has 1 atom stereocenters. The van der Waals surface area contributed by atoms with Gasteiger partial charge in [-0.1, -0.05) is 18.2 Å². The van der Waals surface area contributed by atoms with E-state index in [1.807, 2.05) is 18.2 Å². The summed E-state index contributed by atoms with van der Waals surface area (Å²) in [6.45, 7) is 2.37. The standard InChI is InChI=1S/C20H25FN4O3/c21-20(6-8-22-9-7-20)12-23-10-13-2-1-3-14-11-25(19(28)17(13)14)15-4-5-16(26)24-18(15)27/h1-3,15,22-23H,4-12H2,(H,24,26,27). The van der Waals surface area contributed by atoms with Crippen LogP contribution in [0.15, 0.2) is 18.2 Å². The van der Waals surface area contributed by atoms with Crippen molar-refractivity contribution in [3.8, 4) is 0 Å². The third-order valence-electron chi connectivity index (χ3n) is 5.90. The maximum Gasteiger partial charge on any atom is 0.255 e. The first-order valence-electron chi connectivity index (χ1n) is 9.83. The molecule has 8 heteroatoms. The van der Waals surface area contributed by atoms with E-state index in [0.29, 0.717) is 51.0 Å². The summed E-state index contributed by atoms with van der Waals surface area (Å²) in [4.78, 5) is 38.1. The van der Waals surface area contributed by atoms with E-state index >= 15 is 0 Å². The van der Waals surface area contributed by atoms with Gasteiger partial charge in [-0.15, -0.1) is 0 Å². The van der Waals surface area contributed by atoms with E-state index in [0.717, 1.165) is 11.1 Å². The van der Waals surface area contributed by atoms with Gasteiger partial charge < -0.3 is 15.5 Å². The summed E-state index contributed by atoms with van der Waals surface area (Å²) in [6, 6.07) is 5.01. The van der Waals surface area contributed by atoms with Gasteiger partial charge in [-0.25, -0.2) is 4.39 Å². The van der Waals surface area contributed by atoms with E-state index in [1.165, 1.54) is 0 Å². The number of carbonyl (C=O) groups is 3. The molecule has 0 radical (unpaired) electrons. The predicted molar refractivity (Wildman–Crippen MR) is 100 cm³/mol. The van der Waals surface area contributed by atoms with E-state index in [2.05, 4.69) is 16.0 Å². The summed E-state index contributed by atoms with van der Waals surface area (Å²) >= 11 is 0. The molecule has 0 aromatic heterocycles. The molecule has 150 valence electrons. The number of imide groups is 1. The quantitative estimate of drug-likeness (QED) is 0.644. The van der Waals surface area contributed by atoms with Crippen molar-refractivity contribution in [2.45, 2.75) is 50.5 Å². The minimum Gasteiger partial charge on any atom is -0.322 e. The monoisotopic (exact) mass is 388 g/mol. The highest BCUT2D eigenvalue weighted by Crippen LogP contribution is 2.30. The maximum absolute atomic E-state index is 14.8. The fourth-order valence-electron chi connectivity index (χ4n) is 4.31. The molecule has 1 aromatic rings. The Morgan fingerprint density at radius 1 is 1.21 bits per heavy atom. The summed E-state index contributed by atoms with van der Waals surface area (Å²) in [6.07, 6.45) is 1.54. The van der Waals surface area contributed by atoms with Crippen LogP contribution in [0.5, 0.6) is 0 Å². The fourth-order valence-corrected chi connectivity index (χ4v) is 4.31. The summed E-state index contributed by atoms with van der Waals surface area (Å²) in [7, 11) is 0. The van der Waals surface area contributed by atoms with Gasteiger partial charge in [0, 0.05) is 31.6 Å². The third-order valence-corrected chi connectivity index (χ3v) is 5.90. The molecule has 3 aliphatic rings. The number of nitrogens with zero attached hydrogens (tertiary/aromatic N) is 1. The third kappa shape index (κ3) is 3.66. The van der Waals surface area contributed by atoms with Gasteiger partial charge >= 0.3 is 0 Å². The number of halogens is 1. The van der Waals surface area contributed by atoms with Gasteiger partial charge in [0.05, 0.1) is 0 Å².